The van der Waals surface area contributed by atoms with Crippen LogP contribution in [0.25, 0.3) is 0 Å². The van der Waals surface area contributed by atoms with Crippen molar-refractivity contribution in [1.82, 2.24) is 0 Å². The summed E-state index contributed by atoms with van der Waals surface area (Å²) < 4.78 is 1.16. The number of benzene rings is 1. The van der Waals surface area contributed by atoms with Gasteiger partial charge in [0.05, 0.1) is 12.3 Å². The molecule has 1 aromatic rings. The van der Waals surface area contributed by atoms with Crippen LogP contribution >= 0.6 is 15.9 Å². The zero-order valence-corrected chi connectivity index (χ0v) is 10.8. The number of hydrogen-bond donors (Lipinski definition) is 1. The van der Waals surface area contributed by atoms with Gasteiger partial charge in [-0.15, -0.1) is 0 Å². The SMILES string of the molecule is NOCC1CCCN(c2ccccc2Br)C1. The molecule has 1 aliphatic heterocycles. The molecule has 0 aliphatic carbocycles. The predicted molar refractivity (Wildman–Crippen MR) is 69.2 cm³/mol. The number of nitrogens with two attached hydrogens (primary N) is 1. The van der Waals surface area contributed by atoms with Gasteiger partial charge >= 0.3 is 0 Å². The van der Waals surface area contributed by atoms with Crippen LogP contribution in [0.15, 0.2) is 28.7 Å². The average Bonchev–Trinajstić information content (AvgIpc) is 2.30. The van der Waals surface area contributed by atoms with E-state index in [0.29, 0.717) is 12.5 Å². The fraction of sp³-hybridized carbons (Fsp3) is 0.500. The minimum Gasteiger partial charge on any atom is -0.370 e. The molecule has 3 nitrogen and oxygen atoms in total. The molecule has 2 rings (SSSR count). The lowest BCUT2D eigenvalue weighted by molar-refractivity contribution is 0.0951. The van der Waals surface area contributed by atoms with Gasteiger partial charge in [-0.3, -0.25) is 0 Å². The van der Waals surface area contributed by atoms with Gasteiger partial charge in [0.2, 0.25) is 0 Å². The molecule has 1 unspecified atom stereocenters. The van der Waals surface area contributed by atoms with Crippen LogP contribution < -0.4 is 10.8 Å². The van der Waals surface area contributed by atoms with Gasteiger partial charge in [-0.1, -0.05) is 12.1 Å². The maximum atomic E-state index is 5.15. The van der Waals surface area contributed by atoms with E-state index >= 15 is 0 Å². The summed E-state index contributed by atoms with van der Waals surface area (Å²) in [7, 11) is 0. The van der Waals surface area contributed by atoms with Crippen molar-refractivity contribution in [3.63, 3.8) is 0 Å². The summed E-state index contributed by atoms with van der Waals surface area (Å²) in [6.07, 6.45) is 2.41. The van der Waals surface area contributed by atoms with Gasteiger partial charge in [-0.05, 0) is 40.9 Å². The zero-order valence-electron chi connectivity index (χ0n) is 9.23. The number of rotatable bonds is 3. The lowest BCUT2D eigenvalue weighted by Crippen LogP contribution is -2.37. The molecule has 4 heteroatoms. The Morgan fingerprint density at radius 3 is 3.00 bits per heavy atom. The molecule has 88 valence electrons. The third-order valence-electron chi connectivity index (χ3n) is 3.04. The van der Waals surface area contributed by atoms with Crippen molar-refractivity contribution >= 4 is 21.6 Å². The van der Waals surface area contributed by atoms with Crippen LogP contribution in [0.4, 0.5) is 5.69 Å². The van der Waals surface area contributed by atoms with Crippen molar-refractivity contribution in [2.45, 2.75) is 12.8 Å². The third-order valence-corrected chi connectivity index (χ3v) is 3.71. The fourth-order valence-corrected chi connectivity index (χ4v) is 2.80. The Hall–Kier alpha value is -0.580. The Morgan fingerprint density at radius 1 is 1.44 bits per heavy atom. The monoisotopic (exact) mass is 284 g/mol. The van der Waals surface area contributed by atoms with E-state index in [0.717, 1.165) is 17.6 Å². The van der Waals surface area contributed by atoms with Crippen molar-refractivity contribution in [2.75, 3.05) is 24.6 Å². The topological polar surface area (TPSA) is 38.5 Å². The van der Waals surface area contributed by atoms with Crippen molar-refractivity contribution in [2.24, 2.45) is 11.8 Å². The van der Waals surface area contributed by atoms with E-state index in [4.69, 9.17) is 10.7 Å². The molecule has 2 N–H and O–H groups in total. The standard InChI is InChI=1S/C12H17BrN2O/c13-11-5-1-2-6-12(11)15-7-3-4-10(8-15)9-16-14/h1-2,5-6,10H,3-4,7-9,14H2. The maximum absolute atomic E-state index is 5.15. The molecule has 1 aliphatic rings. The molecular formula is C12H17BrN2O. The second-order valence-corrected chi connectivity index (χ2v) is 5.09. The molecular weight excluding hydrogens is 268 g/mol. The smallest absolute Gasteiger partial charge is 0.0724 e. The normalized spacial score (nSPS) is 21.1. The minimum atomic E-state index is 0.547. The van der Waals surface area contributed by atoms with E-state index in [1.54, 1.807) is 0 Å². The number of halogens is 1. The summed E-state index contributed by atoms with van der Waals surface area (Å²) in [6.45, 7) is 2.80. The highest BCUT2D eigenvalue weighted by molar-refractivity contribution is 9.10. The highest BCUT2D eigenvalue weighted by Gasteiger charge is 2.21. The molecule has 0 radical (unpaired) electrons. The van der Waals surface area contributed by atoms with E-state index in [-0.39, 0.29) is 0 Å². The first-order valence-electron chi connectivity index (χ1n) is 5.62. The fourth-order valence-electron chi connectivity index (χ4n) is 2.26. The molecule has 1 heterocycles. The van der Waals surface area contributed by atoms with E-state index in [1.165, 1.54) is 18.5 Å². The quantitative estimate of drug-likeness (QED) is 0.867. The number of para-hydroxylation sites is 1. The summed E-state index contributed by atoms with van der Waals surface area (Å²) in [5.41, 5.74) is 1.27. The molecule has 0 spiro atoms. The number of hydrogen-bond acceptors (Lipinski definition) is 3. The van der Waals surface area contributed by atoms with Crippen LogP contribution in [0.3, 0.4) is 0 Å². The highest BCUT2D eigenvalue weighted by atomic mass is 79.9. The van der Waals surface area contributed by atoms with Gasteiger partial charge in [0.15, 0.2) is 0 Å². The Bertz CT molecular complexity index is 344. The van der Waals surface area contributed by atoms with Crippen LogP contribution in [0.5, 0.6) is 0 Å². The molecule has 1 atom stereocenters. The number of piperidine rings is 1. The van der Waals surface area contributed by atoms with Crippen molar-refractivity contribution in [3.05, 3.63) is 28.7 Å². The largest absolute Gasteiger partial charge is 0.370 e. The highest BCUT2D eigenvalue weighted by Crippen LogP contribution is 2.29. The lowest BCUT2D eigenvalue weighted by Gasteiger charge is -2.34. The van der Waals surface area contributed by atoms with Gasteiger partial charge < -0.3 is 9.74 Å². The summed E-state index contributed by atoms with van der Waals surface area (Å²) in [5.74, 6) is 5.69. The second kappa shape index (κ2) is 5.66. The van der Waals surface area contributed by atoms with E-state index in [1.807, 2.05) is 6.07 Å². The first kappa shape index (κ1) is 11.9. The maximum Gasteiger partial charge on any atom is 0.0724 e. The average molecular weight is 285 g/mol. The molecule has 0 saturated carbocycles. The summed E-state index contributed by atoms with van der Waals surface area (Å²) in [4.78, 5) is 7.16. The molecule has 16 heavy (non-hydrogen) atoms. The van der Waals surface area contributed by atoms with Crippen LogP contribution in [-0.2, 0) is 4.84 Å². The van der Waals surface area contributed by atoms with Gasteiger partial charge in [-0.2, -0.15) is 0 Å². The third kappa shape index (κ3) is 2.75. The first-order valence-corrected chi connectivity index (χ1v) is 6.41. The molecule has 0 amide bonds. The Labute approximate surface area is 105 Å². The van der Waals surface area contributed by atoms with Crippen molar-refractivity contribution < 1.29 is 4.84 Å². The van der Waals surface area contributed by atoms with Crippen molar-refractivity contribution in [3.8, 4) is 0 Å². The Balaban J connectivity index is 2.07. The van der Waals surface area contributed by atoms with E-state index in [9.17, 15) is 0 Å². The Kier molecular flexibility index (Phi) is 4.21. The van der Waals surface area contributed by atoms with Crippen molar-refractivity contribution in [1.29, 1.82) is 0 Å². The lowest BCUT2D eigenvalue weighted by atomic mass is 9.98. The Morgan fingerprint density at radius 2 is 2.25 bits per heavy atom. The van der Waals surface area contributed by atoms with Crippen LogP contribution in [0, 0.1) is 5.92 Å². The minimum absolute atomic E-state index is 0.547. The molecule has 1 saturated heterocycles. The second-order valence-electron chi connectivity index (χ2n) is 4.24. The summed E-state index contributed by atoms with van der Waals surface area (Å²) in [5, 5.41) is 0. The van der Waals surface area contributed by atoms with Crippen LogP contribution in [-0.4, -0.2) is 19.7 Å². The molecule has 1 aromatic carbocycles. The van der Waals surface area contributed by atoms with Gasteiger partial charge in [0.1, 0.15) is 0 Å². The summed E-state index contributed by atoms with van der Waals surface area (Å²) >= 11 is 3.59. The zero-order chi connectivity index (χ0) is 11.4. The first-order chi connectivity index (χ1) is 7.81. The van der Waals surface area contributed by atoms with Gasteiger partial charge in [0.25, 0.3) is 0 Å². The summed E-state index contributed by atoms with van der Waals surface area (Å²) in [6, 6.07) is 8.34. The number of nitrogens with zero attached hydrogens (tertiary/aromatic N) is 1. The van der Waals surface area contributed by atoms with Gasteiger partial charge in [0, 0.05) is 23.5 Å². The van der Waals surface area contributed by atoms with E-state index in [2.05, 4.69) is 39.0 Å². The van der Waals surface area contributed by atoms with E-state index < -0.39 is 0 Å². The molecule has 0 aromatic heterocycles. The number of anilines is 1. The van der Waals surface area contributed by atoms with Gasteiger partial charge in [-0.25, -0.2) is 5.90 Å². The van der Waals surface area contributed by atoms with Crippen LogP contribution in [0.2, 0.25) is 0 Å². The molecule has 0 bridgehead atoms. The molecule has 1 fully saturated rings. The van der Waals surface area contributed by atoms with Crippen LogP contribution in [0.1, 0.15) is 12.8 Å². The predicted octanol–water partition coefficient (Wildman–Crippen LogP) is 2.56.